The van der Waals surface area contributed by atoms with Crippen molar-refractivity contribution in [3.8, 4) is 0 Å². The molecule has 2 N–H and O–H groups in total. The highest BCUT2D eigenvalue weighted by molar-refractivity contribution is 5.76. The van der Waals surface area contributed by atoms with Gasteiger partial charge in [0.2, 0.25) is 0 Å². The first-order valence-corrected chi connectivity index (χ1v) is 5.84. The number of carbonyl (C=O) groups is 2. The average Bonchev–Trinajstić information content (AvgIpc) is 2.73. The molecule has 1 amide bonds. The van der Waals surface area contributed by atoms with Crippen molar-refractivity contribution >= 4 is 12.1 Å². The molecule has 4 atom stereocenters. The third-order valence-corrected chi connectivity index (χ3v) is 2.87. The van der Waals surface area contributed by atoms with E-state index in [1.165, 1.54) is 0 Å². The topological polar surface area (TPSA) is 84.9 Å². The molecule has 0 radical (unpaired) electrons. The van der Waals surface area contributed by atoms with Crippen LogP contribution in [0.25, 0.3) is 0 Å². The van der Waals surface area contributed by atoms with Crippen molar-refractivity contribution in [3.05, 3.63) is 12.2 Å². The van der Waals surface area contributed by atoms with E-state index in [1.54, 1.807) is 32.9 Å². The molecule has 2 bridgehead atoms. The summed E-state index contributed by atoms with van der Waals surface area (Å²) < 4.78 is 10.5. The standard InChI is InChI=1S/C12H17NO5/c1-12(2,3)18-11(16)13-9-7-5-4-6(17-7)8(9)10(14)15/h4-9H,1-3H3,(H,13,16)(H,14,15)/t6-,7-,8+,9+/m1/s1. The number of carboxylic acids is 1. The minimum Gasteiger partial charge on any atom is -0.481 e. The van der Waals surface area contributed by atoms with Crippen LogP contribution in [0.3, 0.4) is 0 Å². The van der Waals surface area contributed by atoms with Crippen LogP contribution in [0, 0.1) is 5.92 Å². The van der Waals surface area contributed by atoms with Gasteiger partial charge in [0, 0.05) is 0 Å². The largest absolute Gasteiger partial charge is 0.481 e. The van der Waals surface area contributed by atoms with Gasteiger partial charge in [0.05, 0.1) is 18.2 Å². The molecular formula is C12H17NO5. The fourth-order valence-corrected chi connectivity index (χ4v) is 2.22. The van der Waals surface area contributed by atoms with Gasteiger partial charge in [-0.25, -0.2) is 4.79 Å². The zero-order chi connectivity index (χ0) is 13.5. The van der Waals surface area contributed by atoms with Gasteiger partial charge in [0.25, 0.3) is 0 Å². The molecule has 0 spiro atoms. The van der Waals surface area contributed by atoms with Gasteiger partial charge in [0.15, 0.2) is 0 Å². The van der Waals surface area contributed by atoms with E-state index in [-0.39, 0.29) is 6.10 Å². The Hall–Kier alpha value is -1.56. The molecule has 0 aliphatic carbocycles. The fraction of sp³-hybridized carbons (Fsp3) is 0.667. The third kappa shape index (κ3) is 2.48. The van der Waals surface area contributed by atoms with E-state index in [9.17, 15) is 9.59 Å². The van der Waals surface area contributed by atoms with Crippen molar-refractivity contribution < 1.29 is 24.2 Å². The Balaban J connectivity index is 2.02. The summed E-state index contributed by atoms with van der Waals surface area (Å²) in [4.78, 5) is 22.8. The molecule has 1 fully saturated rings. The zero-order valence-corrected chi connectivity index (χ0v) is 10.5. The molecule has 1 saturated heterocycles. The first kappa shape index (κ1) is 12.9. The first-order chi connectivity index (χ1) is 8.28. The maximum absolute atomic E-state index is 11.7. The van der Waals surface area contributed by atoms with E-state index < -0.39 is 35.7 Å². The number of hydrogen-bond acceptors (Lipinski definition) is 4. The van der Waals surface area contributed by atoms with Crippen LogP contribution >= 0.6 is 0 Å². The van der Waals surface area contributed by atoms with Crippen LogP contribution < -0.4 is 5.32 Å². The van der Waals surface area contributed by atoms with Crippen LogP contribution in [0.15, 0.2) is 12.2 Å². The lowest BCUT2D eigenvalue weighted by atomic mass is 9.89. The number of fused-ring (bicyclic) bond motifs is 2. The normalized spacial score (nSPS) is 33.5. The summed E-state index contributed by atoms with van der Waals surface area (Å²) >= 11 is 0. The summed E-state index contributed by atoms with van der Waals surface area (Å²) in [5.74, 6) is -1.74. The minimum atomic E-state index is -0.979. The monoisotopic (exact) mass is 255 g/mol. The highest BCUT2D eigenvalue weighted by Gasteiger charge is 2.50. The molecule has 6 heteroatoms. The second-order valence-corrected chi connectivity index (χ2v) is 5.49. The average molecular weight is 255 g/mol. The summed E-state index contributed by atoms with van der Waals surface area (Å²) in [6.07, 6.45) is 2.02. The number of hydrogen-bond donors (Lipinski definition) is 2. The lowest BCUT2D eigenvalue weighted by Crippen LogP contribution is -2.49. The summed E-state index contributed by atoms with van der Waals surface area (Å²) in [7, 11) is 0. The molecule has 0 aromatic heterocycles. The summed E-state index contributed by atoms with van der Waals surface area (Å²) in [6.45, 7) is 5.25. The number of carboxylic acid groups (broad SMARTS) is 1. The van der Waals surface area contributed by atoms with Crippen LogP contribution in [0.4, 0.5) is 4.79 Å². The second-order valence-electron chi connectivity index (χ2n) is 5.49. The van der Waals surface area contributed by atoms with E-state index in [1.807, 2.05) is 0 Å². The van der Waals surface area contributed by atoms with Crippen LogP contribution in [0.5, 0.6) is 0 Å². The Morgan fingerprint density at radius 2 is 1.89 bits per heavy atom. The van der Waals surface area contributed by atoms with Gasteiger partial charge < -0.3 is 19.9 Å². The number of rotatable bonds is 2. The van der Waals surface area contributed by atoms with Gasteiger partial charge >= 0.3 is 12.1 Å². The van der Waals surface area contributed by atoms with Gasteiger partial charge in [0.1, 0.15) is 11.5 Å². The SMILES string of the molecule is CC(C)(C)OC(=O)N[C@@H]1[C@@H](C(=O)O)[C@H]2C=C[C@H]1O2. The molecule has 2 rings (SSSR count). The maximum Gasteiger partial charge on any atom is 0.407 e. The Kier molecular flexibility index (Phi) is 3.06. The number of carbonyl (C=O) groups excluding carboxylic acids is 1. The molecule has 0 unspecified atom stereocenters. The summed E-state index contributed by atoms with van der Waals surface area (Å²) in [5, 5.41) is 11.7. The highest BCUT2D eigenvalue weighted by atomic mass is 16.6. The molecule has 2 aliphatic rings. The van der Waals surface area contributed by atoms with E-state index in [2.05, 4.69) is 5.32 Å². The van der Waals surface area contributed by atoms with Crippen molar-refractivity contribution in [2.75, 3.05) is 0 Å². The summed E-state index contributed by atoms with van der Waals surface area (Å²) in [6, 6.07) is -0.577. The molecule has 2 heterocycles. The second kappa shape index (κ2) is 4.28. The highest BCUT2D eigenvalue weighted by Crippen LogP contribution is 2.34. The Morgan fingerprint density at radius 3 is 2.44 bits per heavy atom. The molecule has 100 valence electrons. The first-order valence-electron chi connectivity index (χ1n) is 5.84. The van der Waals surface area contributed by atoms with Crippen LogP contribution in [-0.2, 0) is 14.3 Å². The number of nitrogens with one attached hydrogen (secondary N) is 1. The van der Waals surface area contributed by atoms with Crippen LogP contribution in [0.1, 0.15) is 20.8 Å². The van der Waals surface area contributed by atoms with Crippen molar-refractivity contribution in [1.82, 2.24) is 5.32 Å². The van der Waals surface area contributed by atoms with Crippen molar-refractivity contribution in [2.45, 2.75) is 44.6 Å². The van der Waals surface area contributed by atoms with Gasteiger partial charge in [-0.15, -0.1) is 0 Å². The minimum absolute atomic E-state index is 0.386. The van der Waals surface area contributed by atoms with Gasteiger partial charge in [-0.3, -0.25) is 4.79 Å². The molecule has 0 aromatic carbocycles. The Morgan fingerprint density at radius 1 is 1.28 bits per heavy atom. The number of alkyl carbamates (subject to hydrolysis) is 1. The predicted octanol–water partition coefficient (Wildman–Crippen LogP) is 0.918. The molecular weight excluding hydrogens is 238 g/mol. The van der Waals surface area contributed by atoms with Crippen molar-refractivity contribution in [2.24, 2.45) is 5.92 Å². The summed E-state index contributed by atoms with van der Waals surface area (Å²) in [5.41, 5.74) is -0.614. The zero-order valence-electron chi connectivity index (χ0n) is 10.5. The predicted molar refractivity (Wildman–Crippen MR) is 62.1 cm³/mol. The third-order valence-electron chi connectivity index (χ3n) is 2.87. The van der Waals surface area contributed by atoms with E-state index >= 15 is 0 Å². The lowest BCUT2D eigenvalue weighted by molar-refractivity contribution is -0.143. The molecule has 6 nitrogen and oxygen atoms in total. The van der Waals surface area contributed by atoms with Gasteiger partial charge in [-0.2, -0.15) is 0 Å². The van der Waals surface area contributed by atoms with Gasteiger partial charge in [-0.1, -0.05) is 12.2 Å². The number of aliphatic carboxylic acids is 1. The Bertz CT molecular complexity index is 398. The van der Waals surface area contributed by atoms with Crippen LogP contribution in [0.2, 0.25) is 0 Å². The van der Waals surface area contributed by atoms with Gasteiger partial charge in [-0.05, 0) is 20.8 Å². The van der Waals surface area contributed by atoms with E-state index in [4.69, 9.17) is 14.6 Å². The van der Waals surface area contributed by atoms with Crippen LogP contribution in [-0.4, -0.2) is 41.0 Å². The quantitative estimate of drug-likeness (QED) is 0.717. The Labute approximate surface area is 105 Å². The molecule has 18 heavy (non-hydrogen) atoms. The van der Waals surface area contributed by atoms with E-state index in [0.29, 0.717) is 0 Å². The molecule has 2 aliphatic heterocycles. The number of amides is 1. The van der Waals surface area contributed by atoms with Crippen molar-refractivity contribution in [3.63, 3.8) is 0 Å². The fourth-order valence-electron chi connectivity index (χ4n) is 2.22. The molecule has 0 saturated carbocycles. The van der Waals surface area contributed by atoms with Crippen molar-refractivity contribution in [1.29, 1.82) is 0 Å². The smallest absolute Gasteiger partial charge is 0.407 e. The lowest BCUT2D eigenvalue weighted by Gasteiger charge is -2.25. The maximum atomic E-state index is 11.7. The molecule has 0 aromatic rings. The number of ether oxygens (including phenoxy) is 2. The van der Waals surface area contributed by atoms with E-state index in [0.717, 1.165) is 0 Å².